The van der Waals surface area contributed by atoms with Crippen molar-refractivity contribution in [2.24, 2.45) is 5.92 Å². The third-order valence-electron chi connectivity index (χ3n) is 2.92. The molecule has 0 unspecified atom stereocenters. The molecule has 1 fully saturated rings. The van der Waals surface area contributed by atoms with E-state index in [1.54, 1.807) is 18.2 Å². The Balaban J connectivity index is 0.000000226. The molecule has 1 heterocycles. The number of hydrogen-bond acceptors (Lipinski definition) is 2. The molecule has 0 aromatic heterocycles. The number of aromatic hydroxyl groups is 1. The van der Waals surface area contributed by atoms with Crippen LogP contribution in [0.1, 0.15) is 49.5 Å². The molecule has 1 amide bonds. The number of phenolic OH excluding ortho intramolecular Hbond substituents is 1. The van der Waals surface area contributed by atoms with Crippen molar-refractivity contribution in [1.29, 1.82) is 0 Å². The SMILES string of the molecule is CC.CC1CC1.O=C1NCCc2c(O)cccc21. The molecule has 0 spiro atoms. The Morgan fingerprint density at radius 2 is 1.89 bits per heavy atom. The van der Waals surface area contributed by atoms with Crippen LogP contribution in [0.3, 0.4) is 0 Å². The van der Waals surface area contributed by atoms with Gasteiger partial charge in [-0.1, -0.05) is 39.7 Å². The van der Waals surface area contributed by atoms with Crippen LogP contribution in [0.15, 0.2) is 18.2 Å². The van der Waals surface area contributed by atoms with Gasteiger partial charge in [0.05, 0.1) is 0 Å². The fraction of sp³-hybridized carbons (Fsp3) is 0.533. The molecule has 1 aliphatic heterocycles. The molecule has 0 bridgehead atoms. The Bertz CT molecular complexity index is 397. The van der Waals surface area contributed by atoms with E-state index >= 15 is 0 Å². The van der Waals surface area contributed by atoms with Crippen molar-refractivity contribution in [1.82, 2.24) is 5.32 Å². The van der Waals surface area contributed by atoms with E-state index in [1.165, 1.54) is 12.8 Å². The van der Waals surface area contributed by atoms with E-state index in [-0.39, 0.29) is 11.7 Å². The summed E-state index contributed by atoms with van der Waals surface area (Å²) in [5.41, 5.74) is 1.36. The summed E-state index contributed by atoms with van der Waals surface area (Å²) in [4.78, 5) is 11.2. The van der Waals surface area contributed by atoms with Crippen molar-refractivity contribution >= 4 is 5.91 Å². The lowest BCUT2D eigenvalue weighted by atomic mass is 10.00. The fourth-order valence-electron chi connectivity index (χ4n) is 1.61. The Morgan fingerprint density at radius 3 is 2.39 bits per heavy atom. The number of amides is 1. The summed E-state index contributed by atoms with van der Waals surface area (Å²) >= 11 is 0. The molecule has 2 aliphatic rings. The number of carbonyl (C=O) groups is 1. The van der Waals surface area contributed by atoms with Crippen LogP contribution < -0.4 is 5.32 Å². The molecule has 3 nitrogen and oxygen atoms in total. The lowest BCUT2D eigenvalue weighted by Gasteiger charge is -2.16. The predicted octanol–water partition coefficient (Wildman–Crippen LogP) is 3.12. The highest BCUT2D eigenvalue weighted by molar-refractivity contribution is 5.97. The number of fused-ring (bicyclic) bond motifs is 1. The van der Waals surface area contributed by atoms with E-state index in [1.807, 2.05) is 13.8 Å². The number of benzene rings is 1. The topological polar surface area (TPSA) is 49.3 Å². The van der Waals surface area contributed by atoms with Gasteiger partial charge < -0.3 is 10.4 Å². The molecule has 3 rings (SSSR count). The summed E-state index contributed by atoms with van der Waals surface area (Å²) in [6.07, 6.45) is 3.69. The second-order valence-corrected chi connectivity index (χ2v) is 4.49. The molecule has 1 saturated carbocycles. The van der Waals surface area contributed by atoms with Crippen molar-refractivity contribution in [3.05, 3.63) is 29.3 Å². The lowest BCUT2D eigenvalue weighted by Crippen LogP contribution is -2.31. The number of hydrogen-bond donors (Lipinski definition) is 2. The molecule has 0 atom stereocenters. The normalized spacial score (nSPS) is 16.3. The van der Waals surface area contributed by atoms with Gasteiger partial charge >= 0.3 is 0 Å². The summed E-state index contributed by atoms with van der Waals surface area (Å²) in [5, 5.41) is 12.1. The van der Waals surface area contributed by atoms with E-state index in [0.29, 0.717) is 18.5 Å². The average molecular weight is 249 g/mol. The van der Waals surface area contributed by atoms with E-state index in [4.69, 9.17) is 0 Å². The molecule has 3 heteroatoms. The smallest absolute Gasteiger partial charge is 0.251 e. The minimum Gasteiger partial charge on any atom is -0.508 e. The van der Waals surface area contributed by atoms with Gasteiger partial charge in [-0.25, -0.2) is 0 Å². The van der Waals surface area contributed by atoms with Gasteiger partial charge in [0.1, 0.15) is 5.75 Å². The molecule has 1 aromatic rings. The van der Waals surface area contributed by atoms with Crippen LogP contribution in [-0.2, 0) is 6.42 Å². The van der Waals surface area contributed by atoms with Crippen molar-refractivity contribution < 1.29 is 9.90 Å². The summed E-state index contributed by atoms with van der Waals surface area (Å²) in [5.74, 6) is 1.22. The molecule has 1 aromatic carbocycles. The summed E-state index contributed by atoms with van der Waals surface area (Å²) < 4.78 is 0. The Hall–Kier alpha value is -1.51. The standard InChI is InChI=1S/C9H9NO2.C4H8.C2H6/c11-8-3-1-2-7-6(8)4-5-10-9(7)12;1-4-2-3-4;1-2/h1-3,11H,4-5H2,(H,10,12);4H,2-3H2,1H3;1-2H3. The van der Waals surface area contributed by atoms with Crippen molar-refractivity contribution in [3.63, 3.8) is 0 Å². The lowest BCUT2D eigenvalue weighted by molar-refractivity contribution is 0.0945. The van der Waals surface area contributed by atoms with Gasteiger partial charge in [-0.3, -0.25) is 4.79 Å². The Labute approximate surface area is 109 Å². The minimum absolute atomic E-state index is 0.0906. The third-order valence-corrected chi connectivity index (χ3v) is 2.92. The Morgan fingerprint density at radius 1 is 1.28 bits per heavy atom. The van der Waals surface area contributed by atoms with Crippen LogP contribution in [0.4, 0.5) is 0 Å². The van der Waals surface area contributed by atoms with Crippen LogP contribution in [0, 0.1) is 5.92 Å². The first kappa shape index (κ1) is 14.6. The molecule has 0 radical (unpaired) electrons. The first-order valence-corrected chi connectivity index (χ1v) is 6.77. The maximum atomic E-state index is 11.2. The zero-order chi connectivity index (χ0) is 13.5. The van der Waals surface area contributed by atoms with E-state index < -0.39 is 0 Å². The summed E-state index contributed by atoms with van der Waals surface area (Å²) in [6.45, 7) is 6.89. The fourth-order valence-corrected chi connectivity index (χ4v) is 1.61. The summed E-state index contributed by atoms with van der Waals surface area (Å²) in [7, 11) is 0. The number of carbonyl (C=O) groups excluding carboxylic acids is 1. The Kier molecular flexibility index (Phi) is 5.69. The first-order chi connectivity index (χ1) is 8.68. The zero-order valence-corrected chi connectivity index (χ0v) is 11.5. The largest absolute Gasteiger partial charge is 0.508 e. The number of phenols is 1. The van der Waals surface area contributed by atoms with Crippen LogP contribution in [0.25, 0.3) is 0 Å². The molecular weight excluding hydrogens is 226 g/mol. The van der Waals surface area contributed by atoms with E-state index in [2.05, 4.69) is 12.2 Å². The van der Waals surface area contributed by atoms with Gasteiger partial charge in [-0.15, -0.1) is 0 Å². The van der Waals surface area contributed by atoms with Crippen LogP contribution >= 0.6 is 0 Å². The van der Waals surface area contributed by atoms with Gasteiger partial charge in [-0.05, 0) is 24.5 Å². The molecule has 100 valence electrons. The van der Waals surface area contributed by atoms with Gasteiger partial charge in [-0.2, -0.15) is 0 Å². The first-order valence-electron chi connectivity index (χ1n) is 6.77. The number of nitrogens with one attached hydrogen (secondary N) is 1. The molecule has 2 N–H and O–H groups in total. The van der Waals surface area contributed by atoms with Crippen molar-refractivity contribution in [2.45, 2.75) is 40.0 Å². The average Bonchev–Trinajstić information content (AvgIpc) is 3.17. The van der Waals surface area contributed by atoms with Crippen LogP contribution in [0.5, 0.6) is 5.75 Å². The quantitative estimate of drug-likeness (QED) is 0.742. The maximum absolute atomic E-state index is 11.2. The predicted molar refractivity (Wildman–Crippen MR) is 73.9 cm³/mol. The van der Waals surface area contributed by atoms with Crippen molar-refractivity contribution in [3.8, 4) is 5.75 Å². The second-order valence-electron chi connectivity index (χ2n) is 4.49. The van der Waals surface area contributed by atoms with Crippen LogP contribution in [-0.4, -0.2) is 17.6 Å². The molecule has 0 saturated heterocycles. The minimum atomic E-state index is -0.0906. The van der Waals surface area contributed by atoms with E-state index in [0.717, 1.165) is 11.5 Å². The second kappa shape index (κ2) is 7.04. The van der Waals surface area contributed by atoms with Crippen molar-refractivity contribution in [2.75, 3.05) is 6.54 Å². The van der Waals surface area contributed by atoms with Gasteiger partial charge in [0.2, 0.25) is 0 Å². The van der Waals surface area contributed by atoms with Gasteiger partial charge in [0.25, 0.3) is 5.91 Å². The monoisotopic (exact) mass is 249 g/mol. The van der Waals surface area contributed by atoms with Crippen LogP contribution in [0.2, 0.25) is 0 Å². The molecule has 1 aliphatic carbocycles. The van der Waals surface area contributed by atoms with E-state index in [9.17, 15) is 9.90 Å². The zero-order valence-electron chi connectivity index (χ0n) is 11.5. The summed E-state index contributed by atoms with van der Waals surface area (Å²) in [6, 6.07) is 5.01. The highest BCUT2D eigenvalue weighted by Crippen LogP contribution is 2.26. The van der Waals surface area contributed by atoms with Gasteiger partial charge in [0.15, 0.2) is 0 Å². The highest BCUT2D eigenvalue weighted by atomic mass is 16.3. The third kappa shape index (κ3) is 4.06. The van der Waals surface area contributed by atoms with Gasteiger partial charge in [0, 0.05) is 17.7 Å². The molecular formula is C15H23NO2. The molecule has 18 heavy (non-hydrogen) atoms. The number of rotatable bonds is 0. The maximum Gasteiger partial charge on any atom is 0.251 e. The highest BCUT2D eigenvalue weighted by Gasteiger charge is 2.18.